The first kappa shape index (κ1) is 16.4. The Bertz CT molecular complexity index is 611. The summed E-state index contributed by atoms with van der Waals surface area (Å²) in [6.07, 6.45) is 1.77. The van der Waals surface area contributed by atoms with Gasteiger partial charge in [-0.25, -0.2) is 0 Å². The molecule has 22 heavy (non-hydrogen) atoms. The highest BCUT2D eigenvalue weighted by Crippen LogP contribution is 2.28. The summed E-state index contributed by atoms with van der Waals surface area (Å²) in [5, 5.41) is 6.09. The first-order chi connectivity index (χ1) is 10.5. The summed E-state index contributed by atoms with van der Waals surface area (Å²) in [6, 6.07) is 5.28. The third-order valence-electron chi connectivity index (χ3n) is 3.21. The molecule has 118 valence electrons. The first-order valence-corrected chi connectivity index (χ1v) is 7.54. The van der Waals surface area contributed by atoms with Crippen LogP contribution in [0.5, 0.6) is 5.75 Å². The maximum atomic E-state index is 12.1. The van der Waals surface area contributed by atoms with E-state index < -0.39 is 0 Å². The molecule has 1 aliphatic heterocycles. The van der Waals surface area contributed by atoms with Gasteiger partial charge >= 0.3 is 0 Å². The monoisotopic (exact) mass is 322 g/mol. The van der Waals surface area contributed by atoms with Gasteiger partial charge in [0.25, 0.3) is 5.91 Å². The Labute approximate surface area is 134 Å². The fraction of sp³-hybridized carbons (Fsp3) is 0.375. The van der Waals surface area contributed by atoms with Gasteiger partial charge in [-0.1, -0.05) is 25.4 Å². The van der Waals surface area contributed by atoms with E-state index in [9.17, 15) is 9.59 Å². The van der Waals surface area contributed by atoms with E-state index in [1.807, 2.05) is 13.8 Å². The molecule has 2 N–H and O–H groups in total. The second-order valence-corrected chi connectivity index (χ2v) is 5.78. The molecule has 0 saturated heterocycles. The minimum atomic E-state index is -0.204. The molecule has 0 saturated carbocycles. The van der Waals surface area contributed by atoms with E-state index in [0.29, 0.717) is 29.4 Å². The van der Waals surface area contributed by atoms with E-state index in [-0.39, 0.29) is 24.3 Å². The predicted molar refractivity (Wildman–Crippen MR) is 85.8 cm³/mol. The average Bonchev–Trinajstić information content (AvgIpc) is 2.50. The molecule has 2 amide bonds. The van der Waals surface area contributed by atoms with E-state index in [2.05, 4.69) is 10.6 Å². The summed E-state index contributed by atoms with van der Waals surface area (Å²) in [4.78, 5) is 23.5. The molecule has 6 heteroatoms. The van der Waals surface area contributed by atoms with Gasteiger partial charge in [-0.15, -0.1) is 0 Å². The molecular weight excluding hydrogens is 304 g/mol. The number of amides is 2. The summed E-state index contributed by atoms with van der Waals surface area (Å²) < 4.78 is 5.53. The van der Waals surface area contributed by atoms with Gasteiger partial charge in [-0.05, 0) is 24.3 Å². The maximum Gasteiger partial charge on any atom is 0.250 e. The number of carbonyl (C=O) groups is 2. The molecule has 1 aliphatic rings. The van der Waals surface area contributed by atoms with Gasteiger partial charge in [0.05, 0.1) is 5.57 Å². The van der Waals surface area contributed by atoms with Crippen LogP contribution in [0.4, 0.5) is 0 Å². The largest absolute Gasteiger partial charge is 0.488 e. The molecule has 0 atom stereocenters. The van der Waals surface area contributed by atoms with Crippen molar-refractivity contribution in [3.05, 3.63) is 34.4 Å². The molecule has 2 rings (SSSR count). The maximum absolute atomic E-state index is 12.1. The summed E-state index contributed by atoms with van der Waals surface area (Å²) in [5.41, 5.74) is 1.32. The van der Waals surface area contributed by atoms with Crippen molar-refractivity contribution < 1.29 is 14.3 Å². The number of hydrogen-bond donors (Lipinski definition) is 2. The van der Waals surface area contributed by atoms with Crippen LogP contribution in [0.3, 0.4) is 0 Å². The summed E-state index contributed by atoms with van der Waals surface area (Å²) in [5.74, 6) is 0.416. The van der Waals surface area contributed by atoms with Crippen LogP contribution >= 0.6 is 11.6 Å². The fourth-order valence-electron chi connectivity index (χ4n) is 1.96. The number of carbonyl (C=O) groups excluding carboxylic acids is 2. The molecule has 0 spiro atoms. The van der Waals surface area contributed by atoms with E-state index in [1.165, 1.54) is 0 Å². The van der Waals surface area contributed by atoms with Crippen LogP contribution in [0.1, 0.15) is 19.4 Å². The molecular formula is C16H19ClN2O3. The van der Waals surface area contributed by atoms with Crippen LogP contribution < -0.4 is 15.4 Å². The smallest absolute Gasteiger partial charge is 0.250 e. The zero-order valence-electron chi connectivity index (χ0n) is 12.6. The zero-order chi connectivity index (χ0) is 16.1. The molecule has 0 unspecified atom stereocenters. The SMILES string of the molecule is CC(C)C(=O)NCCNC(=O)C1=Cc2cc(Cl)ccc2OC1. The zero-order valence-corrected chi connectivity index (χ0v) is 13.4. The highest BCUT2D eigenvalue weighted by molar-refractivity contribution is 6.30. The Morgan fingerprint density at radius 3 is 2.73 bits per heavy atom. The lowest BCUT2D eigenvalue weighted by Crippen LogP contribution is -2.37. The number of ether oxygens (including phenoxy) is 1. The van der Waals surface area contributed by atoms with E-state index >= 15 is 0 Å². The average molecular weight is 323 g/mol. The van der Waals surface area contributed by atoms with Crippen LogP contribution in [-0.2, 0) is 9.59 Å². The van der Waals surface area contributed by atoms with Crippen LogP contribution in [0.15, 0.2) is 23.8 Å². The third kappa shape index (κ3) is 4.24. The number of rotatable bonds is 5. The van der Waals surface area contributed by atoms with Crippen molar-refractivity contribution in [2.75, 3.05) is 19.7 Å². The van der Waals surface area contributed by atoms with Gasteiger partial charge in [-0.3, -0.25) is 9.59 Å². The summed E-state index contributed by atoms with van der Waals surface area (Å²) in [7, 11) is 0. The van der Waals surface area contributed by atoms with Crippen molar-refractivity contribution in [2.45, 2.75) is 13.8 Å². The predicted octanol–water partition coefficient (Wildman–Crippen LogP) is 2.00. The van der Waals surface area contributed by atoms with Crippen molar-refractivity contribution in [1.29, 1.82) is 0 Å². The number of fused-ring (bicyclic) bond motifs is 1. The minimum absolute atomic E-state index is 0.0296. The molecule has 1 aromatic carbocycles. The summed E-state index contributed by atoms with van der Waals surface area (Å²) >= 11 is 5.94. The number of nitrogens with one attached hydrogen (secondary N) is 2. The Kier molecular flexibility index (Phi) is 5.44. The van der Waals surface area contributed by atoms with Crippen molar-refractivity contribution >= 4 is 29.5 Å². The van der Waals surface area contributed by atoms with Crippen LogP contribution in [-0.4, -0.2) is 31.5 Å². The molecule has 5 nitrogen and oxygen atoms in total. The van der Waals surface area contributed by atoms with E-state index in [1.54, 1.807) is 24.3 Å². The lowest BCUT2D eigenvalue weighted by atomic mass is 10.1. The van der Waals surface area contributed by atoms with Crippen molar-refractivity contribution in [2.24, 2.45) is 5.92 Å². The minimum Gasteiger partial charge on any atom is -0.488 e. The molecule has 0 fully saturated rings. The number of halogens is 1. The number of hydrogen-bond acceptors (Lipinski definition) is 3. The summed E-state index contributed by atoms with van der Waals surface area (Å²) in [6.45, 7) is 4.64. The Hall–Kier alpha value is -2.01. The fourth-order valence-corrected chi connectivity index (χ4v) is 2.14. The van der Waals surface area contributed by atoms with Gasteiger partial charge in [0, 0.05) is 29.6 Å². The van der Waals surface area contributed by atoms with Gasteiger partial charge in [0.15, 0.2) is 0 Å². The lowest BCUT2D eigenvalue weighted by Gasteiger charge is -2.18. The van der Waals surface area contributed by atoms with Crippen molar-refractivity contribution in [3.63, 3.8) is 0 Å². The van der Waals surface area contributed by atoms with Crippen LogP contribution in [0.25, 0.3) is 6.08 Å². The van der Waals surface area contributed by atoms with Gasteiger partial charge < -0.3 is 15.4 Å². The highest BCUT2D eigenvalue weighted by Gasteiger charge is 2.17. The normalized spacial score (nSPS) is 13.0. The molecule has 0 bridgehead atoms. The Balaban J connectivity index is 1.87. The highest BCUT2D eigenvalue weighted by atomic mass is 35.5. The van der Waals surface area contributed by atoms with Crippen LogP contribution in [0.2, 0.25) is 5.02 Å². The second-order valence-electron chi connectivity index (χ2n) is 5.34. The molecule has 0 aromatic heterocycles. The standard InChI is InChI=1S/C16H19ClN2O3/c1-10(2)15(20)18-5-6-19-16(21)12-7-11-8-13(17)3-4-14(11)22-9-12/h3-4,7-8,10H,5-6,9H2,1-2H3,(H,18,20)(H,19,21). The van der Waals surface area contributed by atoms with Gasteiger partial charge in [-0.2, -0.15) is 0 Å². The third-order valence-corrected chi connectivity index (χ3v) is 3.45. The Morgan fingerprint density at radius 1 is 1.27 bits per heavy atom. The van der Waals surface area contributed by atoms with Crippen LogP contribution in [0, 0.1) is 5.92 Å². The number of benzene rings is 1. The van der Waals surface area contributed by atoms with Gasteiger partial charge in [0.2, 0.25) is 5.91 Å². The van der Waals surface area contributed by atoms with Gasteiger partial charge in [0.1, 0.15) is 12.4 Å². The first-order valence-electron chi connectivity index (χ1n) is 7.16. The topological polar surface area (TPSA) is 67.4 Å². The Morgan fingerprint density at radius 2 is 2.00 bits per heavy atom. The lowest BCUT2D eigenvalue weighted by molar-refractivity contribution is -0.124. The van der Waals surface area contributed by atoms with E-state index in [4.69, 9.17) is 16.3 Å². The second kappa shape index (κ2) is 7.31. The molecule has 0 aliphatic carbocycles. The van der Waals surface area contributed by atoms with Crippen molar-refractivity contribution in [1.82, 2.24) is 10.6 Å². The van der Waals surface area contributed by atoms with Crippen molar-refractivity contribution in [3.8, 4) is 5.75 Å². The molecule has 1 aromatic rings. The van der Waals surface area contributed by atoms with E-state index in [0.717, 1.165) is 5.56 Å². The molecule has 0 radical (unpaired) electrons. The quantitative estimate of drug-likeness (QED) is 0.815. The molecule has 1 heterocycles.